The van der Waals surface area contributed by atoms with Gasteiger partial charge in [-0.15, -0.1) is 0 Å². The van der Waals surface area contributed by atoms with E-state index in [1.165, 1.54) is 5.56 Å². The van der Waals surface area contributed by atoms with Crippen molar-refractivity contribution >= 4 is 29.0 Å². The van der Waals surface area contributed by atoms with Crippen LogP contribution in [0.1, 0.15) is 25.0 Å². The minimum Gasteiger partial charge on any atom is -0.378 e. The van der Waals surface area contributed by atoms with Gasteiger partial charge in [0.25, 0.3) is 0 Å². The maximum atomic E-state index is 11.6. The highest BCUT2D eigenvalue weighted by Gasteiger charge is 2.32. The number of benzene rings is 1. The lowest BCUT2D eigenvalue weighted by atomic mass is 10.1. The van der Waals surface area contributed by atoms with Crippen molar-refractivity contribution < 1.29 is 9.66 Å². The molecule has 3 N–H and O–H groups in total. The standard InChI is InChI=1S/C18H24N6O3/c1-10-5-6-14(7-11(10)2)20-18-21-16(19)15(24(25)26)17(22-18)23-8-12(3)27-13(4)9-23/h5-7,12-13H,8-9H2,1-4H3,(H3,19,20,21,22)/t12-,13-/m0/s1. The van der Waals surface area contributed by atoms with Gasteiger partial charge in [-0.05, 0) is 51.0 Å². The van der Waals surface area contributed by atoms with E-state index in [1.807, 2.05) is 50.8 Å². The Balaban J connectivity index is 2.00. The summed E-state index contributed by atoms with van der Waals surface area (Å²) in [7, 11) is 0. The molecule has 0 bridgehead atoms. The fourth-order valence-corrected chi connectivity index (χ4v) is 3.21. The maximum absolute atomic E-state index is 11.6. The van der Waals surface area contributed by atoms with Gasteiger partial charge in [0.2, 0.25) is 17.6 Å². The highest BCUT2D eigenvalue weighted by atomic mass is 16.6. The van der Waals surface area contributed by atoms with E-state index in [9.17, 15) is 10.1 Å². The molecule has 27 heavy (non-hydrogen) atoms. The second-order valence-electron chi connectivity index (χ2n) is 6.95. The molecule has 0 aliphatic carbocycles. The van der Waals surface area contributed by atoms with Gasteiger partial charge in [0, 0.05) is 18.8 Å². The topological polar surface area (TPSA) is 119 Å². The van der Waals surface area contributed by atoms with Crippen LogP contribution >= 0.6 is 0 Å². The Hall–Kier alpha value is -2.94. The van der Waals surface area contributed by atoms with E-state index in [0.29, 0.717) is 13.1 Å². The van der Waals surface area contributed by atoms with Crippen molar-refractivity contribution in [2.45, 2.75) is 39.9 Å². The lowest BCUT2D eigenvalue weighted by molar-refractivity contribution is -0.383. The molecule has 9 nitrogen and oxygen atoms in total. The first-order valence-electron chi connectivity index (χ1n) is 8.81. The zero-order chi connectivity index (χ0) is 19.7. The fourth-order valence-electron chi connectivity index (χ4n) is 3.21. The summed E-state index contributed by atoms with van der Waals surface area (Å²) in [5, 5.41) is 14.7. The molecule has 1 aliphatic rings. The van der Waals surface area contributed by atoms with Crippen LogP contribution in [0.2, 0.25) is 0 Å². The van der Waals surface area contributed by atoms with Crippen LogP contribution < -0.4 is 16.0 Å². The van der Waals surface area contributed by atoms with Crippen LogP contribution in [-0.2, 0) is 4.74 Å². The number of aromatic nitrogens is 2. The first-order chi connectivity index (χ1) is 12.7. The van der Waals surface area contributed by atoms with Crippen LogP contribution in [0.25, 0.3) is 0 Å². The predicted octanol–water partition coefficient (Wildman–Crippen LogP) is 2.94. The lowest BCUT2D eigenvalue weighted by Gasteiger charge is -2.35. The van der Waals surface area contributed by atoms with E-state index in [-0.39, 0.29) is 35.5 Å². The summed E-state index contributed by atoms with van der Waals surface area (Å²) in [5.41, 5.74) is 8.72. The molecule has 3 rings (SSSR count). The number of hydrogen-bond donors (Lipinski definition) is 2. The number of rotatable bonds is 4. The molecule has 0 saturated carbocycles. The quantitative estimate of drug-likeness (QED) is 0.621. The summed E-state index contributed by atoms with van der Waals surface area (Å²) in [5.74, 6) is 0.270. The van der Waals surface area contributed by atoms with Crippen LogP contribution in [0.15, 0.2) is 18.2 Å². The molecule has 0 unspecified atom stereocenters. The van der Waals surface area contributed by atoms with Gasteiger partial charge in [-0.1, -0.05) is 6.07 Å². The third-order valence-electron chi connectivity index (χ3n) is 4.56. The molecule has 1 fully saturated rings. The zero-order valence-corrected chi connectivity index (χ0v) is 15.9. The average molecular weight is 372 g/mol. The molecule has 2 heterocycles. The summed E-state index contributed by atoms with van der Waals surface area (Å²) >= 11 is 0. The van der Waals surface area contributed by atoms with E-state index in [0.717, 1.165) is 11.3 Å². The molecule has 0 radical (unpaired) electrons. The maximum Gasteiger partial charge on any atom is 0.353 e. The first-order valence-corrected chi connectivity index (χ1v) is 8.81. The summed E-state index contributed by atoms with van der Waals surface area (Å²) in [6.45, 7) is 8.86. The highest BCUT2D eigenvalue weighted by Crippen LogP contribution is 2.34. The van der Waals surface area contributed by atoms with Gasteiger partial charge < -0.3 is 20.7 Å². The number of anilines is 4. The van der Waals surface area contributed by atoms with Crippen molar-refractivity contribution in [2.24, 2.45) is 0 Å². The summed E-state index contributed by atoms with van der Waals surface area (Å²) in [6, 6.07) is 5.86. The smallest absolute Gasteiger partial charge is 0.353 e. The van der Waals surface area contributed by atoms with E-state index in [4.69, 9.17) is 10.5 Å². The van der Waals surface area contributed by atoms with Crippen LogP contribution in [0.5, 0.6) is 0 Å². The fraction of sp³-hybridized carbons (Fsp3) is 0.444. The van der Waals surface area contributed by atoms with Crippen molar-refractivity contribution in [1.82, 2.24) is 9.97 Å². The minimum atomic E-state index is -0.532. The number of ether oxygens (including phenoxy) is 1. The Morgan fingerprint density at radius 2 is 1.89 bits per heavy atom. The molecular weight excluding hydrogens is 348 g/mol. The molecule has 9 heteroatoms. The van der Waals surface area contributed by atoms with Gasteiger partial charge in [-0.3, -0.25) is 10.1 Å². The van der Waals surface area contributed by atoms with Crippen molar-refractivity contribution in [3.05, 3.63) is 39.4 Å². The summed E-state index contributed by atoms with van der Waals surface area (Å²) < 4.78 is 5.72. The zero-order valence-electron chi connectivity index (χ0n) is 15.9. The lowest BCUT2D eigenvalue weighted by Crippen LogP contribution is -2.46. The number of aryl methyl sites for hydroxylation is 2. The Labute approximate surface area is 157 Å². The van der Waals surface area contributed by atoms with E-state index < -0.39 is 4.92 Å². The number of nitrogen functional groups attached to an aromatic ring is 1. The van der Waals surface area contributed by atoms with Crippen LogP contribution in [0, 0.1) is 24.0 Å². The Kier molecular flexibility index (Phi) is 5.13. The van der Waals surface area contributed by atoms with Gasteiger partial charge in [0.15, 0.2) is 0 Å². The highest BCUT2D eigenvalue weighted by molar-refractivity contribution is 5.72. The third kappa shape index (κ3) is 4.08. The Morgan fingerprint density at radius 3 is 2.48 bits per heavy atom. The van der Waals surface area contributed by atoms with Crippen LogP contribution in [0.4, 0.5) is 29.0 Å². The molecule has 144 valence electrons. The number of nitro groups is 1. The SMILES string of the molecule is Cc1ccc(Nc2nc(N)c([N+](=O)[O-])c(N3C[C@H](C)O[C@@H](C)C3)n2)cc1C. The van der Waals surface area contributed by atoms with Crippen molar-refractivity contribution in [3.63, 3.8) is 0 Å². The predicted molar refractivity (Wildman–Crippen MR) is 105 cm³/mol. The largest absolute Gasteiger partial charge is 0.378 e. The first kappa shape index (κ1) is 18.8. The number of nitrogens with zero attached hydrogens (tertiary/aromatic N) is 4. The molecule has 1 saturated heterocycles. The number of nitrogens with one attached hydrogen (secondary N) is 1. The number of morpholine rings is 1. The molecule has 2 atom stereocenters. The summed E-state index contributed by atoms with van der Waals surface area (Å²) in [6.07, 6.45) is -0.138. The van der Waals surface area contributed by atoms with Crippen molar-refractivity contribution in [2.75, 3.05) is 29.0 Å². The molecule has 0 spiro atoms. The minimum absolute atomic E-state index is 0.0688. The average Bonchev–Trinajstić information content (AvgIpc) is 2.56. The molecule has 1 aromatic heterocycles. The molecular formula is C18H24N6O3. The monoisotopic (exact) mass is 372 g/mol. The van der Waals surface area contributed by atoms with Gasteiger partial charge in [0.05, 0.1) is 17.1 Å². The van der Waals surface area contributed by atoms with E-state index in [1.54, 1.807) is 0 Å². The second-order valence-corrected chi connectivity index (χ2v) is 6.95. The van der Waals surface area contributed by atoms with E-state index in [2.05, 4.69) is 15.3 Å². The van der Waals surface area contributed by atoms with Crippen LogP contribution in [0.3, 0.4) is 0 Å². The van der Waals surface area contributed by atoms with E-state index >= 15 is 0 Å². The number of nitrogens with two attached hydrogens (primary N) is 1. The summed E-state index contributed by atoms with van der Waals surface area (Å²) in [4.78, 5) is 21.4. The van der Waals surface area contributed by atoms with Gasteiger partial charge in [0.1, 0.15) is 0 Å². The molecule has 1 aliphatic heterocycles. The Morgan fingerprint density at radius 1 is 1.22 bits per heavy atom. The van der Waals surface area contributed by atoms with Gasteiger partial charge in [-0.25, -0.2) is 0 Å². The third-order valence-corrected chi connectivity index (χ3v) is 4.56. The molecule has 0 amide bonds. The van der Waals surface area contributed by atoms with Gasteiger partial charge in [-0.2, -0.15) is 9.97 Å². The van der Waals surface area contributed by atoms with Crippen molar-refractivity contribution in [1.29, 1.82) is 0 Å². The molecule has 2 aromatic rings. The number of hydrogen-bond acceptors (Lipinski definition) is 8. The van der Waals surface area contributed by atoms with Gasteiger partial charge >= 0.3 is 5.69 Å². The molecule has 1 aromatic carbocycles. The van der Waals surface area contributed by atoms with Crippen LogP contribution in [-0.4, -0.2) is 40.2 Å². The second kappa shape index (κ2) is 7.36. The Bertz CT molecular complexity index is 862. The normalized spacial score (nSPS) is 19.8. The van der Waals surface area contributed by atoms with Crippen molar-refractivity contribution in [3.8, 4) is 0 Å².